The van der Waals surface area contributed by atoms with Crippen LogP contribution < -0.4 is 0 Å². The van der Waals surface area contributed by atoms with Crippen LogP contribution >= 0.6 is 0 Å². The number of benzene rings is 1. The van der Waals surface area contributed by atoms with Crippen LogP contribution in [0.3, 0.4) is 0 Å². The monoisotopic (exact) mass is 255 g/mol. The van der Waals surface area contributed by atoms with Gasteiger partial charge in [0.1, 0.15) is 0 Å². The molecule has 18 heavy (non-hydrogen) atoms. The number of hydrogen-bond acceptors (Lipinski definition) is 2. The number of halogens is 2. The van der Waals surface area contributed by atoms with Gasteiger partial charge in [-0.25, -0.2) is 0 Å². The summed E-state index contributed by atoms with van der Waals surface area (Å²) < 4.78 is 28.1. The third kappa shape index (κ3) is 3.06. The van der Waals surface area contributed by atoms with Gasteiger partial charge in [0.05, 0.1) is 12.6 Å². The second-order valence-electron chi connectivity index (χ2n) is 5.09. The Morgan fingerprint density at radius 2 is 2.06 bits per heavy atom. The summed E-state index contributed by atoms with van der Waals surface area (Å²) in [7, 11) is 0. The van der Waals surface area contributed by atoms with Crippen LogP contribution in [0.5, 0.6) is 0 Å². The van der Waals surface area contributed by atoms with E-state index in [4.69, 9.17) is 0 Å². The Morgan fingerprint density at radius 3 is 2.61 bits per heavy atom. The minimum absolute atomic E-state index is 0.0606. The van der Waals surface area contributed by atoms with Crippen molar-refractivity contribution in [1.29, 1.82) is 0 Å². The molecule has 1 N–H and O–H groups in total. The summed E-state index contributed by atoms with van der Waals surface area (Å²) in [4.78, 5) is 1.74. The van der Waals surface area contributed by atoms with Crippen molar-refractivity contribution in [3.05, 3.63) is 35.9 Å². The number of aliphatic hydroxyl groups is 1. The maximum absolute atomic E-state index is 14.0. The van der Waals surface area contributed by atoms with Crippen LogP contribution in [0, 0.1) is 5.92 Å². The van der Waals surface area contributed by atoms with Crippen LogP contribution in [0.15, 0.2) is 30.3 Å². The lowest BCUT2D eigenvalue weighted by atomic mass is 10.0. The molecule has 2 rings (SSSR count). The fraction of sp³-hybridized carbons (Fsp3) is 0.571. The molecule has 0 amide bonds. The standard InChI is InChI=1S/C14H19F2NO/c1-11(18)12-7-8-17(9-12)10-14(15,16)13-5-3-2-4-6-13/h2-6,11-12,18H,7-10H2,1H3. The predicted octanol–water partition coefficient (Wildman–Crippen LogP) is 2.48. The molecule has 1 heterocycles. The molecular weight excluding hydrogens is 236 g/mol. The van der Waals surface area contributed by atoms with Crippen molar-refractivity contribution in [2.24, 2.45) is 5.92 Å². The first-order valence-corrected chi connectivity index (χ1v) is 6.33. The van der Waals surface area contributed by atoms with Gasteiger partial charge in [-0.1, -0.05) is 30.3 Å². The van der Waals surface area contributed by atoms with Crippen LogP contribution in [-0.4, -0.2) is 35.7 Å². The van der Waals surface area contributed by atoms with Crippen molar-refractivity contribution >= 4 is 0 Å². The van der Waals surface area contributed by atoms with E-state index in [-0.39, 0.29) is 18.0 Å². The van der Waals surface area contributed by atoms with Crippen LogP contribution in [0.25, 0.3) is 0 Å². The van der Waals surface area contributed by atoms with Crippen LogP contribution in [0.4, 0.5) is 8.78 Å². The number of aliphatic hydroxyl groups excluding tert-OH is 1. The molecule has 1 aliphatic rings. The highest BCUT2D eigenvalue weighted by atomic mass is 19.3. The summed E-state index contributed by atoms with van der Waals surface area (Å²) in [6.45, 7) is 2.65. The molecule has 1 saturated heterocycles. The zero-order valence-corrected chi connectivity index (χ0v) is 10.5. The average Bonchev–Trinajstić information content (AvgIpc) is 2.78. The van der Waals surface area contributed by atoms with Crippen LogP contribution in [0.2, 0.25) is 0 Å². The second-order valence-corrected chi connectivity index (χ2v) is 5.09. The Morgan fingerprint density at radius 1 is 1.39 bits per heavy atom. The summed E-state index contributed by atoms with van der Waals surface area (Å²) >= 11 is 0. The van der Waals surface area contributed by atoms with Gasteiger partial charge in [0, 0.05) is 12.1 Å². The van der Waals surface area contributed by atoms with E-state index in [1.165, 1.54) is 12.1 Å². The topological polar surface area (TPSA) is 23.5 Å². The predicted molar refractivity (Wildman–Crippen MR) is 66.6 cm³/mol. The highest BCUT2D eigenvalue weighted by Crippen LogP contribution is 2.31. The molecule has 100 valence electrons. The highest BCUT2D eigenvalue weighted by Gasteiger charge is 2.37. The number of hydrogen-bond donors (Lipinski definition) is 1. The summed E-state index contributed by atoms with van der Waals surface area (Å²) in [6, 6.07) is 7.92. The molecule has 0 bridgehead atoms. The van der Waals surface area contributed by atoms with Crippen LogP contribution in [-0.2, 0) is 5.92 Å². The quantitative estimate of drug-likeness (QED) is 0.893. The van der Waals surface area contributed by atoms with E-state index < -0.39 is 12.0 Å². The fourth-order valence-corrected chi connectivity index (χ4v) is 2.45. The fourth-order valence-electron chi connectivity index (χ4n) is 2.45. The van der Waals surface area contributed by atoms with E-state index in [0.717, 1.165) is 6.42 Å². The Kier molecular flexibility index (Phi) is 3.97. The van der Waals surface area contributed by atoms with Crippen molar-refractivity contribution in [2.45, 2.75) is 25.4 Å². The van der Waals surface area contributed by atoms with E-state index in [1.54, 1.807) is 30.0 Å². The Labute approximate surface area is 106 Å². The molecule has 0 aromatic heterocycles. The second kappa shape index (κ2) is 5.33. The van der Waals surface area contributed by atoms with Gasteiger partial charge in [0.25, 0.3) is 5.92 Å². The summed E-state index contributed by atoms with van der Waals surface area (Å²) in [6.07, 6.45) is 0.378. The molecule has 0 spiro atoms. The Balaban J connectivity index is 1.97. The summed E-state index contributed by atoms with van der Waals surface area (Å²) in [5.74, 6) is -2.70. The lowest BCUT2D eigenvalue weighted by molar-refractivity contribution is -0.0347. The van der Waals surface area contributed by atoms with Crippen molar-refractivity contribution in [2.75, 3.05) is 19.6 Å². The van der Waals surface area contributed by atoms with Gasteiger partial charge in [0.15, 0.2) is 0 Å². The summed E-state index contributed by atoms with van der Waals surface area (Å²) in [5, 5.41) is 9.47. The first-order valence-electron chi connectivity index (χ1n) is 6.33. The number of alkyl halides is 2. The third-order valence-corrected chi connectivity index (χ3v) is 3.61. The normalized spacial score (nSPS) is 23.2. The molecular formula is C14H19F2NO. The SMILES string of the molecule is CC(O)C1CCN(CC(F)(F)c2ccccc2)C1. The van der Waals surface area contributed by atoms with Crippen LogP contribution in [0.1, 0.15) is 18.9 Å². The van der Waals surface area contributed by atoms with Crippen molar-refractivity contribution in [1.82, 2.24) is 4.90 Å². The third-order valence-electron chi connectivity index (χ3n) is 3.61. The maximum Gasteiger partial charge on any atom is 0.285 e. The van der Waals surface area contributed by atoms with Gasteiger partial charge in [-0.05, 0) is 25.8 Å². The van der Waals surface area contributed by atoms with E-state index in [9.17, 15) is 13.9 Å². The molecule has 0 aliphatic carbocycles. The highest BCUT2D eigenvalue weighted by molar-refractivity contribution is 5.20. The van der Waals surface area contributed by atoms with Gasteiger partial charge < -0.3 is 5.11 Å². The smallest absolute Gasteiger partial charge is 0.285 e. The zero-order chi connectivity index (χ0) is 13.2. The van der Waals surface area contributed by atoms with Crippen molar-refractivity contribution < 1.29 is 13.9 Å². The van der Waals surface area contributed by atoms with E-state index in [0.29, 0.717) is 13.1 Å². The molecule has 0 saturated carbocycles. The average molecular weight is 255 g/mol. The first-order chi connectivity index (χ1) is 8.49. The Bertz CT molecular complexity index is 381. The minimum atomic E-state index is -2.82. The molecule has 1 fully saturated rings. The molecule has 2 nitrogen and oxygen atoms in total. The summed E-state index contributed by atoms with van der Waals surface area (Å²) in [5.41, 5.74) is 0.0606. The van der Waals surface area contributed by atoms with Gasteiger partial charge >= 0.3 is 0 Å². The van der Waals surface area contributed by atoms with E-state index in [1.807, 2.05) is 0 Å². The largest absolute Gasteiger partial charge is 0.393 e. The molecule has 1 aliphatic heterocycles. The van der Waals surface area contributed by atoms with Gasteiger partial charge in [-0.2, -0.15) is 8.78 Å². The lowest BCUT2D eigenvalue weighted by Gasteiger charge is -2.24. The molecule has 4 heteroatoms. The lowest BCUT2D eigenvalue weighted by Crippen LogP contribution is -2.34. The maximum atomic E-state index is 14.0. The first kappa shape index (κ1) is 13.4. The zero-order valence-electron chi connectivity index (χ0n) is 10.5. The van der Waals surface area contributed by atoms with Crippen molar-refractivity contribution in [3.63, 3.8) is 0 Å². The molecule has 1 aromatic carbocycles. The van der Waals surface area contributed by atoms with Gasteiger partial charge in [-0.15, -0.1) is 0 Å². The number of nitrogens with zero attached hydrogens (tertiary/aromatic N) is 1. The molecule has 1 aromatic rings. The number of rotatable bonds is 4. The van der Waals surface area contributed by atoms with E-state index >= 15 is 0 Å². The van der Waals surface area contributed by atoms with Gasteiger partial charge in [-0.3, -0.25) is 4.90 Å². The Hall–Kier alpha value is -1.00. The van der Waals surface area contributed by atoms with Gasteiger partial charge in [0.2, 0.25) is 0 Å². The molecule has 0 radical (unpaired) electrons. The molecule has 2 unspecified atom stereocenters. The molecule has 2 atom stereocenters. The minimum Gasteiger partial charge on any atom is -0.393 e. The van der Waals surface area contributed by atoms with Crippen molar-refractivity contribution in [3.8, 4) is 0 Å². The number of likely N-dealkylation sites (tertiary alicyclic amines) is 1. The van der Waals surface area contributed by atoms with E-state index in [2.05, 4.69) is 0 Å².